The Kier molecular flexibility index (Phi) is 5.31. The molecule has 0 saturated carbocycles. The normalized spacial score (nSPS) is 12.9. The van der Waals surface area contributed by atoms with Gasteiger partial charge in [0, 0.05) is 30.4 Å². The van der Waals surface area contributed by atoms with E-state index in [0.717, 1.165) is 22.6 Å². The fourth-order valence-corrected chi connectivity index (χ4v) is 4.19. The summed E-state index contributed by atoms with van der Waals surface area (Å²) in [5.74, 6) is 1.03. The van der Waals surface area contributed by atoms with Crippen molar-refractivity contribution in [2.24, 2.45) is 0 Å². The van der Waals surface area contributed by atoms with Crippen LogP contribution < -0.4 is 4.90 Å². The molecular weight excluding hydrogens is 384 g/mol. The summed E-state index contributed by atoms with van der Waals surface area (Å²) in [6.07, 6.45) is 2.13. The summed E-state index contributed by atoms with van der Waals surface area (Å²) in [5.41, 5.74) is 3.34. The van der Waals surface area contributed by atoms with Crippen LogP contribution in [0.3, 0.4) is 0 Å². The van der Waals surface area contributed by atoms with E-state index in [9.17, 15) is 9.59 Å². The lowest BCUT2D eigenvalue weighted by Crippen LogP contribution is -2.20. The summed E-state index contributed by atoms with van der Waals surface area (Å²) in [6, 6.07) is 15.3. The Hall–Kier alpha value is -3.19. The molecule has 1 aliphatic heterocycles. The van der Waals surface area contributed by atoms with E-state index in [1.165, 1.54) is 11.8 Å². The zero-order chi connectivity index (χ0) is 20.4. The van der Waals surface area contributed by atoms with Gasteiger partial charge < -0.3 is 4.90 Å². The van der Waals surface area contributed by atoms with Crippen molar-refractivity contribution in [1.82, 2.24) is 14.8 Å². The molecule has 6 nitrogen and oxygen atoms in total. The Morgan fingerprint density at radius 2 is 2.00 bits per heavy atom. The first kappa shape index (κ1) is 19.1. The van der Waals surface area contributed by atoms with Gasteiger partial charge >= 0.3 is 0 Å². The van der Waals surface area contributed by atoms with Crippen molar-refractivity contribution in [2.45, 2.75) is 18.1 Å². The van der Waals surface area contributed by atoms with Crippen LogP contribution in [-0.2, 0) is 17.8 Å². The molecular formula is C22H20N4O2S. The van der Waals surface area contributed by atoms with Gasteiger partial charge in [-0.1, -0.05) is 48.2 Å². The highest BCUT2D eigenvalue weighted by molar-refractivity contribution is 7.99. The second kappa shape index (κ2) is 8.05. The Morgan fingerprint density at radius 3 is 2.76 bits per heavy atom. The summed E-state index contributed by atoms with van der Waals surface area (Å²) < 4.78 is 1.95. The molecule has 0 bridgehead atoms. The average molecular weight is 404 g/mol. The molecule has 1 aromatic heterocycles. The van der Waals surface area contributed by atoms with Crippen molar-refractivity contribution in [3.05, 3.63) is 72.3 Å². The molecule has 7 heteroatoms. The fourth-order valence-electron chi connectivity index (χ4n) is 3.35. The number of carbonyl (C=O) groups is 2. The molecule has 3 aromatic rings. The maximum atomic E-state index is 12.7. The van der Waals surface area contributed by atoms with Crippen LogP contribution in [0.4, 0.5) is 5.69 Å². The SMILES string of the molecule is C=CCn1c(SCC(=O)c2ccc3c(c2)CC(=O)N3C)nnc1-c1ccccc1. The Labute approximate surface area is 173 Å². The monoisotopic (exact) mass is 404 g/mol. The minimum atomic E-state index is -0.00536. The molecule has 0 spiro atoms. The van der Waals surface area contributed by atoms with Crippen LogP contribution in [0, 0.1) is 0 Å². The van der Waals surface area contributed by atoms with Gasteiger partial charge in [-0.25, -0.2) is 0 Å². The number of hydrogen-bond acceptors (Lipinski definition) is 5. The van der Waals surface area contributed by atoms with Crippen molar-refractivity contribution >= 4 is 29.1 Å². The van der Waals surface area contributed by atoms with Gasteiger partial charge in [-0.3, -0.25) is 14.2 Å². The molecule has 0 fully saturated rings. The first-order chi connectivity index (χ1) is 14.1. The van der Waals surface area contributed by atoms with Crippen LogP contribution >= 0.6 is 11.8 Å². The molecule has 0 radical (unpaired) electrons. The number of carbonyl (C=O) groups excluding carboxylic acids is 2. The first-order valence-corrected chi connectivity index (χ1v) is 10.2. The van der Waals surface area contributed by atoms with Crippen LogP contribution in [0.5, 0.6) is 0 Å². The van der Waals surface area contributed by atoms with E-state index in [1.54, 1.807) is 24.1 Å². The Balaban J connectivity index is 1.52. The van der Waals surface area contributed by atoms with Gasteiger partial charge in [-0.15, -0.1) is 16.8 Å². The highest BCUT2D eigenvalue weighted by Gasteiger charge is 2.25. The summed E-state index contributed by atoms with van der Waals surface area (Å²) in [5, 5.41) is 9.26. The van der Waals surface area contributed by atoms with Gasteiger partial charge in [0.05, 0.1) is 12.2 Å². The molecule has 29 heavy (non-hydrogen) atoms. The van der Waals surface area contributed by atoms with E-state index in [2.05, 4.69) is 16.8 Å². The standard InChI is InChI=1S/C22H20N4O2S/c1-3-11-26-21(15-7-5-4-6-8-15)23-24-22(26)29-14-19(27)16-9-10-18-17(12-16)13-20(28)25(18)2/h3-10,12H,1,11,13-14H2,2H3. The predicted octanol–water partition coefficient (Wildman–Crippen LogP) is 3.63. The molecule has 0 aliphatic carbocycles. The summed E-state index contributed by atoms with van der Waals surface area (Å²) in [7, 11) is 1.75. The highest BCUT2D eigenvalue weighted by Crippen LogP contribution is 2.29. The number of thioether (sulfide) groups is 1. The number of fused-ring (bicyclic) bond motifs is 1. The number of anilines is 1. The van der Waals surface area contributed by atoms with Crippen molar-refractivity contribution in [3.63, 3.8) is 0 Å². The zero-order valence-electron chi connectivity index (χ0n) is 16.0. The minimum absolute atomic E-state index is 0.00536. The number of benzene rings is 2. The molecule has 0 saturated heterocycles. The van der Waals surface area contributed by atoms with E-state index in [-0.39, 0.29) is 17.4 Å². The molecule has 1 amide bonds. The van der Waals surface area contributed by atoms with Crippen molar-refractivity contribution in [2.75, 3.05) is 17.7 Å². The largest absolute Gasteiger partial charge is 0.315 e. The van der Waals surface area contributed by atoms with E-state index in [0.29, 0.717) is 23.7 Å². The molecule has 0 atom stereocenters. The van der Waals surface area contributed by atoms with Crippen LogP contribution in [0.15, 0.2) is 66.3 Å². The summed E-state index contributed by atoms with van der Waals surface area (Å²) in [4.78, 5) is 26.2. The minimum Gasteiger partial charge on any atom is -0.315 e. The molecule has 1 aliphatic rings. The van der Waals surface area contributed by atoms with Crippen molar-refractivity contribution < 1.29 is 9.59 Å². The van der Waals surface area contributed by atoms with E-state index >= 15 is 0 Å². The Morgan fingerprint density at radius 1 is 1.21 bits per heavy atom. The maximum Gasteiger partial charge on any atom is 0.231 e. The highest BCUT2D eigenvalue weighted by atomic mass is 32.2. The van der Waals surface area contributed by atoms with Gasteiger partial charge in [-0.2, -0.15) is 0 Å². The average Bonchev–Trinajstić information content (AvgIpc) is 3.27. The number of Topliss-reactive ketones (excluding diaryl/α,β-unsaturated/α-hetero) is 1. The fraction of sp³-hybridized carbons (Fsp3) is 0.182. The zero-order valence-corrected chi connectivity index (χ0v) is 16.9. The molecule has 4 rings (SSSR count). The number of allylic oxidation sites excluding steroid dienone is 1. The number of rotatable bonds is 7. The number of amides is 1. The third-order valence-electron chi connectivity index (χ3n) is 4.87. The third kappa shape index (κ3) is 3.73. The molecule has 146 valence electrons. The number of aromatic nitrogens is 3. The van der Waals surface area contributed by atoms with Crippen LogP contribution in [0.1, 0.15) is 15.9 Å². The number of ketones is 1. The van der Waals surface area contributed by atoms with Crippen LogP contribution in [0.25, 0.3) is 11.4 Å². The lowest BCUT2D eigenvalue weighted by Gasteiger charge is -2.10. The van der Waals surface area contributed by atoms with Gasteiger partial charge in [0.25, 0.3) is 0 Å². The molecule has 0 unspecified atom stereocenters. The first-order valence-electron chi connectivity index (χ1n) is 9.23. The third-order valence-corrected chi connectivity index (χ3v) is 5.84. The van der Waals surface area contributed by atoms with Gasteiger partial charge in [-0.05, 0) is 23.8 Å². The number of nitrogens with zero attached hydrogens (tertiary/aromatic N) is 4. The van der Waals surface area contributed by atoms with Gasteiger partial charge in [0.1, 0.15) is 0 Å². The summed E-state index contributed by atoms with van der Waals surface area (Å²) in [6.45, 7) is 4.37. The second-order valence-corrected chi connectivity index (χ2v) is 7.70. The predicted molar refractivity (Wildman–Crippen MR) is 114 cm³/mol. The van der Waals surface area contributed by atoms with Crippen molar-refractivity contribution in [1.29, 1.82) is 0 Å². The Bertz CT molecular complexity index is 1090. The molecule has 0 N–H and O–H groups in total. The molecule has 2 aromatic carbocycles. The maximum absolute atomic E-state index is 12.7. The number of hydrogen-bond donors (Lipinski definition) is 0. The van der Waals surface area contributed by atoms with E-state index < -0.39 is 0 Å². The quantitative estimate of drug-likeness (QED) is 0.342. The molecule has 2 heterocycles. The smallest absolute Gasteiger partial charge is 0.231 e. The van der Waals surface area contributed by atoms with E-state index in [1.807, 2.05) is 47.0 Å². The topological polar surface area (TPSA) is 68.1 Å². The van der Waals surface area contributed by atoms with Crippen molar-refractivity contribution in [3.8, 4) is 11.4 Å². The van der Waals surface area contributed by atoms with Gasteiger partial charge in [0.2, 0.25) is 5.91 Å². The van der Waals surface area contributed by atoms with Crippen LogP contribution in [0.2, 0.25) is 0 Å². The van der Waals surface area contributed by atoms with E-state index in [4.69, 9.17) is 0 Å². The lowest BCUT2D eigenvalue weighted by atomic mass is 10.1. The lowest BCUT2D eigenvalue weighted by molar-refractivity contribution is -0.117. The summed E-state index contributed by atoms with van der Waals surface area (Å²) >= 11 is 1.35. The van der Waals surface area contributed by atoms with Gasteiger partial charge in [0.15, 0.2) is 16.8 Å². The second-order valence-electron chi connectivity index (χ2n) is 6.76. The van der Waals surface area contributed by atoms with Crippen LogP contribution in [-0.4, -0.2) is 39.3 Å². The number of likely N-dealkylation sites (N-methyl/N-ethyl adjacent to an activating group) is 1.